The lowest BCUT2D eigenvalue weighted by atomic mass is 9.79. The molecule has 326 valence electrons. The van der Waals surface area contributed by atoms with E-state index in [1.807, 2.05) is 0 Å². The maximum atomic E-state index is 2.66. The molecule has 0 spiro atoms. The van der Waals surface area contributed by atoms with Gasteiger partial charge in [-0.2, -0.15) is 0 Å². The summed E-state index contributed by atoms with van der Waals surface area (Å²) in [5, 5.41) is 0. The molecule has 0 amide bonds. The maximum Gasteiger partial charge on any atom is 0.0582 e. The van der Waals surface area contributed by atoms with Gasteiger partial charge in [-0.1, -0.05) is 210 Å². The van der Waals surface area contributed by atoms with Gasteiger partial charge in [-0.15, -0.1) is 0 Å². The highest BCUT2D eigenvalue weighted by Crippen LogP contribution is 2.43. The quantitative estimate of drug-likeness (QED) is 0.128. The minimum absolute atomic E-state index is 0.183. The second-order valence-corrected chi connectivity index (χ2v) is 18.8. The van der Waals surface area contributed by atoms with Crippen LogP contribution >= 0.6 is 0 Å². The Balaban J connectivity index is 0.945. The van der Waals surface area contributed by atoms with Crippen LogP contribution in [0.1, 0.15) is 57.6 Å². The first-order valence-electron chi connectivity index (χ1n) is 24.0. The monoisotopic (exact) mass is 856 g/mol. The van der Waals surface area contributed by atoms with Crippen LogP contribution in [0, 0.1) is 23.7 Å². The van der Waals surface area contributed by atoms with Crippen LogP contribution < -0.4 is 4.90 Å². The molecule has 0 aromatic heterocycles. The summed E-state index contributed by atoms with van der Waals surface area (Å²) in [5.41, 5.74) is 17.7. The minimum Gasteiger partial charge on any atom is -0.338 e. The predicted octanol–water partition coefficient (Wildman–Crippen LogP) is 17.0. The molecule has 0 N–H and O–H groups in total. The maximum absolute atomic E-state index is 2.66. The van der Waals surface area contributed by atoms with Crippen molar-refractivity contribution in [3.63, 3.8) is 0 Å². The summed E-state index contributed by atoms with van der Waals surface area (Å²) in [4.78, 5) is 5.03. The summed E-state index contributed by atoms with van der Waals surface area (Å²) >= 11 is 0. The summed E-state index contributed by atoms with van der Waals surface area (Å²) in [6.07, 6.45) is 28.6. The smallest absolute Gasteiger partial charge is 0.0582 e. The van der Waals surface area contributed by atoms with E-state index in [0.29, 0.717) is 23.7 Å². The SMILES string of the molecule is CC1C=CC=C(C2=CC=C(N(C3=CC(C)C(c4ccccc4)C=C3)C3C=CC(c4ccc(N(c5ccc(-c6ccccc6)cc5)c5ccc(-c6ccccc6)cc5)cc4)=CC3C)CC2C)C1. The topological polar surface area (TPSA) is 6.48 Å². The lowest BCUT2D eigenvalue weighted by molar-refractivity contribution is 0.297. The highest BCUT2D eigenvalue weighted by Gasteiger charge is 2.32. The molecule has 0 heterocycles. The van der Waals surface area contributed by atoms with Gasteiger partial charge in [0, 0.05) is 34.4 Å². The number of benzene rings is 6. The van der Waals surface area contributed by atoms with Crippen molar-refractivity contribution < 1.29 is 0 Å². The molecule has 4 aliphatic rings. The fraction of sp³-hybridized carbons (Fsp3) is 0.188. The minimum atomic E-state index is 0.183. The fourth-order valence-corrected chi connectivity index (χ4v) is 10.5. The largest absolute Gasteiger partial charge is 0.338 e. The van der Waals surface area contributed by atoms with Crippen LogP contribution in [0.25, 0.3) is 27.8 Å². The van der Waals surface area contributed by atoms with E-state index in [2.05, 4.69) is 268 Å². The van der Waals surface area contributed by atoms with Gasteiger partial charge >= 0.3 is 0 Å². The van der Waals surface area contributed by atoms with Crippen LogP contribution in [-0.2, 0) is 0 Å². The molecule has 4 aliphatic carbocycles. The molecule has 0 bridgehead atoms. The number of rotatable bonds is 11. The molecule has 0 fully saturated rings. The van der Waals surface area contributed by atoms with Gasteiger partial charge < -0.3 is 9.80 Å². The van der Waals surface area contributed by atoms with Gasteiger partial charge in [0.05, 0.1) is 6.04 Å². The van der Waals surface area contributed by atoms with Gasteiger partial charge in [-0.25, -0.2) is 0 Å². The van der Waals surface area contributed by atoms with E-state index in [1.165, 1.54) is 61.5 Å². The summed E-state index contributed by atoms with van der Waals surface area (Å²) in [7, 11) is 0. The second-order valence-electron chi connectivity index (χ2n) is 18.8. The Labute approximate surface area is 393 Å². The Morgan fingerprint density at radius 3 is 1.53 bits per heavy atom. The Morgan fingerprint density at radius 1 is 0.455 bits per heavy atom. The summed E-state index contributed by atoms with van der Waals surface area (Å²) < 4.78 is 0. The van der Waals surface area contributed by atoms with Gasteiger partial charge in [0.15, 0.2) is 0 Å². The normalized spacial score (nSPS) is 22.4. The van der Waals surface area contributed by atoms with Gasteiger partial charge in [0.25, 0.3) is 0 Å². The summed E-state index contributed by atoms with van der Waals surface area (Å²) in [6, 6.07) is 59.4. The third kappa shape index (κ3) is 9.06. The Morgan fingerprint density at radius 2 is 1.00 bits per heavy atom. The molecule has 6 aromatic carbocycles. The van der Waals surface area contributed by atoms with Crippen molar-refractivity contribution in [2.45, 2.75) is 52.5 Å². The molecule has 0 aliphatic heterocycles. The first-order chi connectivity index (χ1) is 32.4. The Bertz CT molecular complexity index is 2800. The average molecular weight is 857 g/mol. The third-order valence-corrected chi connectivity index (χ3v) is 14.1. The highest BCUT2D eigenvalue weighted by atomic mass is 15.2. The lowest BCUT2D eigenvalue weighted by Crippen LogP contribution is -2.39. The van der Waals surface area contributed by atoms with Crippen molar-refractivity contribution in [2.75, 3.05) is 4.90 Å². The van der Waals surface area contributed by atoms with Crippen molar-refractivity contribution >= 4 is 22.6 Å². The molecule has 6 atom stereocenters. The Kier molecular flexibility index (Phi) is 12.4. The average Bonchev–Trinajstić information content (AvgIpc) is 3.36. The van der Waals surface area contributed by atoms with Gasteiger partial charge in [-0.3, -0.25) is 0 Å². The van der Waals surface area contributed by atoms with E-state index < -0.39 is 0 Å². The van der Waals surface area contributed by atoms with Crippen LogP contribution in [0.2, 0.25) is 0 Å². The molecule has 6 unspecified atom stereocenters. The number of hydrogen-bond donors (Lipinski definition) is 0. The molecule has 0 radical (unpaired) electrons. The molecule has 2 nitrogen and oxygen atoms in total. The molecular formula is C64H60N2. The van der Waals surface area contributed by atoms with Crippen LogP contribution in [0.5, 0.6) is 0 Å². The zero-order chi connectivity index (χ0) is 45.0. The zero-order valence-electron chi connectivity index (χ0n) is 38.7. The van der Waals surface area contributed by atoms with Crippen molar-refractivity contribution in [2.24, 2.45) is 23.7 Å². The molecule has 66 heavy (non-hydrogen) atoms. The van der Waals surface area contributed by atoms with E-state index in [-0.39, 0.29) is 12.0 Å². The zero-order valence-corrected chi connectivity index (χ0v) is 38.7. The number of allylic oxidation sites excluding steroid dienone is 13. The van der Waals surface area contributed by atoms with Crippen molar-refractivity contribution in [1.82, 2.24) is 4.90 Å². The first-order valence-corrected chi connectivity index (χ1v) is 24.0. The van der Waals surface area contributed by atoms with E-state index >= 15 is 0 Å². The second kappa shape index (κ2) is 19.1. The van der Waals surface area contributed by atoms with E-state index in [4.69, 9.17) is 0 Å². The number of anilines is 3. The molecular weight excluding hydrogens is 797 g/mol. The van der Waals surface area contributed by atoms with E-state index in [0.717, 1.165) is 29.9 Å². The molecule has 0 saturated carbocycles. The molecule has 0 saturated heterocycles. The third-order valence-electron chi connectivity index (χ3n) is 14.1. The van der Waals surface area contributed by atoms with Crippen LogP contribution in [0.3, 0.4) is 0 Å². The standard InChI is InChI=1S/C64H60N2/c1-45-15-14-22-56(41-45)63-39-37-61(44-47(63)3)66(60-36-38-62(46(2)43-60)54-20-12-7-13-21-54)64-40-29-55(42-48(64)4)53-27-34-59(35-28-53)65(57-30-23-51(24-31-57)49-16-8-5-9-17-49)58-32-25-52(26-33-58)50-18-10-6-11-19-50/h5-40,42-43,45-48,62,64H,41,44H2,1-4H3. The lowest BCUT2D eigenvalue weighted by Gasteiger charge is -2.42. The van der Waals surface area contributed by atoms with Crippen molar-refractivity contribution in [3.8, 4) is 22.3 Å². The van der Waals surface area contributed by atoms with Crippen LogP contribution in [0.15, 0.2) is 253 Å². The van der Waals surface area contributed by atoms with E-state index in [9.17, 15) is 0 Å². The predicted molar refractivity (Wildman–Crippen MR) is 280 cm³/mol. The summed E-state index contributed by atoms with van der Waals surface area (Å²) in [5.74, 6) is 2.03. The number of nitrogens with zero attached hydrogens (tertiary/aromatic N) is 2. The highest BCUT2D eigenvalue weighted by molar-refractivity contribution is 5.82. The molecule has 10 rings (SSSR count). The first kappa shape index (κ1) is 42.8. The van der Waals surface area contributed by atoms with Crippen LogP contribution in [0.4, 0.5) is 17.1 Å². The van der Waals surface area contributed by atoms with E-state index in [1.54, 1.807) is 0 Å². The van der Waals surface area contributed by atoms with Crippen molar-refractivity contribution in [3.05, 3.63) is 264 Å². The molecule has 6 aromatic rings. The van der Waals surface area contributed by atoms with Crippen molar-refractivity contribution in [1.29, 1.82) is 0 Å². The van der Waals surface area contributed by atoms with Gasteiger partial charge in [-0.05, 0) is 135 Å². The fourth-order valence-electron chi connectivity index (χ4n) is 10.5. The van der Waals surface area contributed by atoms with Gasteiger partial charge in [0.1, 0.15) is 0 Å². The summed E-state index contributed by atoms with van der Waals surface area (Å²) in [6.45, 7) is 9.52. The molecule has 2 heteroatoms. The Hall–Kier alpha value is -7.16. The number of hydrogen-bond acceptors (Lipinski definition) is 2. The van der Waals surface area contributed by atoms with Crippen LogP contribution in [-0.4, -0.2) is 10.9 Å². The van der Waals surface area contributed by atoms with Gasteiger partial charge in [0.2, 0.25) is 0 Å².